The van der Waals surface area contributed by atoms with Gasteiger partial charge in [-0.1, -0.05) is 26.0 Å². The fourth-order valence-electron chi connectivity index (χ4n) is 1.73. The van der Waals surface area contributed by atoms with Gasteiger partial charge in [0.15, 0.2) is 0 Å². The van der Waals surface area contributed by atoms with Gasteiger partial charge in [-0.05, 0) is 5.92 Å². The van der Waals surface area contributed by atoms with Gasteiger partial charge in [0.2, 0.25) is 0 Å². The molecular formula is C14H19F2NO2. The van der Waals surface area contributed by atoms with Crippen LogP contribution in [-0.2, 0) is 4.79 Å². The molecule has 106 valence electrons. The van der Waals surface area contributed by atoms with Gasteiger partial charge in [0.1, 0.15) is 0 Å². The molecule has 2 N–H and O–H groups in total. The molecule has 0 unspecified atom stereocenters. The number of nitrogens with one attached hydrogen (secondary N) is 1. The van der Waals surface area contributed by atoms with E-state index in [0.717, 1.165) is 6.42 Å². The summed E-state index contributed by atoms with van der Waals surface area (Å²) in [5.41, 5.74) is 0. The Morgan fingerprint density at radius 1 is 1.58 bits per heavy atom. The quantitative estimate of drug-likeness (QED) is 0.606. The highest BCUT2D eigenvalue weighted by atomic mass is 19.3. The lowest BCUT2D eigenvalue weighted by molar-refractivity contribution is -0.139. The molecule has 0 bridgehead atoms. The van der Waals surface area contributed by atoms with Crippen molar-refractivity contribution in [1.82, 2.24) is 5.32 Å². The van der Waals surface area contributed by atoms with Gasteiger partial charge in [0.25, 0.3) is 5.91 Å². The third-order valence-corrected chi connectivity index (χ3v) is 2.97. The highest BCUT2D eigenvalue weighted by molar-refractivity contribution is 5.86. The van der Waals surface area contributed by atoms with Gasteiger partial charge < -0.3 is 10.4 Å². The van der Waals surface area contributed by atoms with Crippen molar-refractivity contribution in [3.05, 3.63) is 12.2 Å². The Labute approximate surface area is 112 Å². The number of hydrogen-bond acceptors (Lipinski definition) is 2. The van der Waals surface area contributed by atoms with Gasteiger partial charge in [0, 0.05) is 19.3 Å². The van der Waals surface area contributed by atoms with E-state index in [9.17, 15) is 18.7 Å². The van der Waals surface area contributed by atoms with E-state index in [1.165, 1.54) is 12.2 Å². The Morgan fingerprint density at radius 3 is 2.79 bits per heavy atom. The van der Waals surface area contributed by atoms with Crippen molar-refractivity contribution in [3.63, 3.8) is 0 Å². The zero-order valence-corrected chi connectivity index (χ0v) is 11.1. The Balaban J connectivity index is 2.46. The minimum Gasteiger partial charge on any atom is -0.389 e. The van der Waals surface area contributed by atoms with Crippen LogP contribution >= 0.6 is 0 Å². The van der Waals surface area contributed by atoms with Gasteiger partial charge in [-0.15, -0.1) is 11.8 Å². The summed E-state index contributed by atoms with van der Waals surface area (Å²) < 4.78 is 25.9. The molecule has 3 nitrogen and oxygen atoms in total. The lowest BCUT2D eigenvalue weighted by atomic mass is 10.00. The third-order valence-electron chi connectivity index (χ3n) is 2.97. The van der Waals surface area contributed by atoms with E-state index < -0.39 is 30.4 Å². The Morgan fingerprint density at radius 2 is 2.26 bits per heavy atom. The lowest BCUT2D eigenvalue weighted by Crippen LogP contribution is -2.30. The van der Waals surface area contributed by atoms with Gasteiger partial charge in [-0.25, -0.2) is 0 Å². The van der Waals surface area contributed by atoms with Crippen molar-refractivity contribution in [1.29, 1.82) is 0 Å². The average Bonchev–Trinajstić information content (AvgIpc) is 2.60. The summed E-state index contributed by atoms with van der Waals surface area (Å²) in [4.78, 5) is 10.9. The van der Waals surface area contributed by atoms with Crippen molar-refractivity contribution in [2.75, 3.05) is 0 Å². The monoisotopic (exact) mass is 271 g/mol. The molecule has 0 aliphatic carbocycles. The van der Waals surface area contributed by atoms with Crippen LogP contribution in [0.15, 0.2) is 12.2 Å². The maximum Gasteiger partial charge on any atom is 0.326 e. The number of halogens is 2. The molecule has 5 heteroatoms. The number of amides is 1. The van der Waals surface area contributed by atoms with Crippen molar-refractivity contribution in [2.24, 2.45) is 5.92 Å². The van der Waals surface area contributed by atoms with Crippen molar-refractivity contribution < 1.29 is 18.7 Å². The number of aliphatic hydroxyl groups is 1. The largest absolute Gasteiger partial charge is 0.389 e. The number of carbonyl (C=O) groups excluding carboxylic acids is 1. The van der Waals surface area contributed by atoms with Crippen LogP contribution in [0, 0.1) is 17.8 Å². The van der Waals surface area contributed by atoms with Crippen LogP contribution < -0.4 is 5.32 Å². The maximum atomic E-state index is 12.9. The molecule has 0 spiro atoms. The highest BCUT2D eigenvalue weighted by Gasteiger charge is 2.47. The standard InChI is InChI=1S/C14H19F2NO2/c1-3-4-5-6-10(2)12(18)8-7-11-9-14(15,16)13(19)17-11/h7-8,10-12,18H,3,6,9H2,1-2H3,(H,17,19)/b8-7+/t10-,11-,12+/m0/s1. The molecule has 1 fully saturated rings. The van der Waals surface area contributed by atoms with E-state index >= 15 is 0 Å². The second kappa shape index (κ2) is 6.67. The smallest absolute Gasteiger partial charge is 0.326 e. The molecule has 1 rings (SSSR count). The summed E-state index contributed by atoms with van der Waals surface area (Å²) in [5, 5.41) is 12.0. The summed E-state index contributed by atoms with van der Waals surface area (Å²) in [6, 6.07) is -0.717. The molecule has 0 aromatic rings. The number of aliphatic hydroxyl groups excluding tert-OH is 1. The van der Waals surface area contributed by atoms with E-state index in [0.29, 0.717) is 6.42 Å². The third kappa shape index (κ3) is 4.64. The Bertz CT molecular complexity index is 409. The normalized spacial score (nSPS) is 24.7. The summed E-state index contributed by atoms with van der Waals surface area (Å²) in [6.07, 6.45) is 2.88. The minimum atomic E-state index is -3.31. The Hall–Kier alpha value is -1.41. The minimum absolute atomic E-state index is 0.0760. The fourth-order valence-corrected chi connectivity index (χ4v) is 1.73. The van der Waals surface area contributed by atoms with Crippen LogP contribution in [0.1, 0.15) is 33.1 Å². The molecule has 1 heterocycles. The van der Waals surface area contributed by atoms with Crippen LogP contribution in [0.5, 0.6) is 0 Å². The fraction of sp³-hybridized carbons (Fsp3) is 0.643. The molecule has 19 heavy (non-hydrogen) atoms. The zero-order valence-electron chi connectivity index (χ0n) is 11.1. The van der Waals surface area contributed by atoms with E-state index in [4.69, 9.17) is 0 Å². The first-order chi connectivity index (χ1) is 8.86. The first-order valence-electron chi connectivity index (χ1n) is 6.37. The molecular weight excluding hydrogens is 252 g/mol. The number of rotatable bonds is 4. The SMILES string of the molecule is CCC#CC[C@H](C)[C@H](O)/C=C/[C@H]1CC(F)(F)C(=O)N1. The number of carbonyl (C=O) groups is 1. The van der Waals surface area contributed by atoms with Crippen LogP contribution in [-0.4, -0.2) is 29.1 Å². The van der Waals surface area contributed by atoms with Crippen LogP contribution in [0.4, 0.5) is 8.78 Å². The second-order valence-corrected chi connectivity index (χ2v) is 4.75. The maximum absolute atomic E-state index is 12.9. The Kier molecular flexibility index (Phi) is 5.49. The molecule has 1 aliphatic heterocycles. The predicted octanol–water partition coefficient (Wildman–Crippen LogP) is 1.87. The molecule has 0 radical (unpaired) electrons. The first-order valence-corrected chi connectivity index (χ1v) is 6.37. The van der Waals surface area contributed by atoms with Gasteiger partial charge in [-0.3, -0.25) is 4.79 Å². The molecule has 3 atom stereocenters. The second-order valence-electron chi connectivity index (χ2n) is 4.75. The van der Waals surface area contributed by atoms with Crippen LogP contribution in [0.2, 0.25) is 0 Å². The zero-order chi connectivity index (χ0) is 14.5. The molecule has 1 saturated heterocycles. The summed E-state index contributed by atoms with van der Waals surface area (Å²) in [5.74, 6) is 1.20. The molecule has 0 aromatic carbocycles. The first kappa shape index (κ1) is 15.6. The van der Waals surface area contributed by atoms with E-state index in [2.05, 4.69) is 17.2 Å². The van der Waals surface area contributed by atoms with E-state index in [-0.39, 0.29) is 5.92 Å². The van der Waals surface area contributed by atoms with Gasteiger partial charge >= 0.3 is 5.92 Å². The van der Waals surface area contributed by atoms with Crippen molar-refractivity contribution in [3.8, 4) is 11.8 Å². The van der Waals surface area contributed by atoms with E-state index in [1.54, 1.807) is 0 Å². The summed E-state index contributed by atoms with van der Waals surface area (Å²) in [7, 11) is 0. The molecule has 1 aliphatic rings. The lowest BCUT2D eigenvalue weighted by Gasteiger charge is -2.13. The summed E-state index contributed by atoms with van der Waals surface area (Å²) >= 11 is 0. The number of hydrogen-bond donors (Lipinski definition) is 2. The topological polar surface area (TPSA) is 49.3 Å². The molecule has 1 amide bonds. The van der Waals surface area contributed by atoms with Crippen molar-refractivity contribution >= 4 is 5.91 Å². The van der Waals surface area contributed by atoms with Crippen molar-refractivity contribution in [2.45, 2.75) is 51.2 Å². The van der Waals surface area contributed by atoms with Crippen LogP contribution in [0.3, 0.4) is 0 Å². The van der Waals surface area contributed by atoms with Crippen LogP contribution in [0.25, 0.3) is 0 Å². The average molecular weight is 271 g/mol. The summed E-state index contributed by atoms with van der Waals surface area (Å²) in [6.45, 7) is 3.78. The van der Waals surface area contributed by atoms with Gasteiger partial charge in [0.05, 0.1) is 12.1 Å². The molecule has 0 aromatic heterocycles. The highest BCUT2D eigenvalue weighted by Crippen LogP contribution is 2.27. The van der Waals surface area contributed by atoms with Gasteiger partial charge in [-0.2, -0.15) is 8.78 Å². The molecule has 0 saturated carbocycles. The van der Waals surface area contributed by atoms with E-state index in [1.807, 2.05) is 13.8 Å². The predicted molar refractivity (Wildman–Crippen MR) is 68.5 cm³/mol. The number of alkyl halides is 2.